The average molecular weight is 275 g/mol. The number of aliphatic hydroxyl groups excluding tert-OH is 1. The van der Waals surface area contributed by atoms with Gasteiger partial charge in [0, 0.05) is 6.54 Å². The molecule has 20 heavy (non-hydrogen) atoms. The lowest BCUT2D eigenvalue weighted by Crippen LogP contribution is -2.27. The lowest BCUT2D eigenvalue weighted by atomic mass is 9.87. The summed E-state index contributed by atoms with van der Waals surface area (Å²) in [6.07, 6.45) is 5.89. The molecular weight excluding hydrogens is 250 g/mol. The van der Waals surface area contributed by atoms with Crippen LogP contribution < -0.4 is 10.1 Å². The van der Waals surface area contributed by atoms with Gasteiger partial charge in [-0.2, -0.15) is 0 Å². The summed E-state index contributed by atoms with van der Waals surface area (Å²) in [6, 6.07) is 8.18. The molecule has 1 aliphatic rings. The molecule has 0 aliphatic heterocycles. The van der Waals surface area contributed by atoms with Crippen molar-refractivity contribution >= 4 is 0 Å². The number of benzene rings is 1. The fourth-order valence-corrected chi connectivity index (χ4v) is 2.63. The predicted octanol–water partition coefficient (Wildman–Crippen LogP) is 2.89. The van der Waals surface area contributed by atoms with Crippen LogP contribution >= 0.6 is 0 Å². The normalized spacial score (nSPS) is 22.4. The van der Waals surface area contributed by atoms with Gasteiger partial charge in [-0.25, -0.2) is 0 Å². The van der Waals surface area contributed by atoms with Crippen LogP contribution in [0.25, 0.3) is 0 Å². The van der Waals surface area contributed by atoms with Crippen LogP contribution in [0.3, 0.4) is 0 Å². The number of hydrogen-bond acceptors (Lipinski definition) is 3. The Bertz CT molecular complexity index is 394. The van der Waals surface area contributed by atoms with Crippen molar-refractivity contribution in [3.05, 3.63) is 42.5 Å². The molecule has 3 nitrogen and oxygen atoms in total. The number of rotatable bonds is 7. The summed E-state index contributed by atoms with van der Waals surface area (Å²) in [7, 11) is 0. The fraction of sp³-hybridized carbons (Fsp3) is 0.529. The van der Waals surface area contributed by atoms with Gasteiger partial charge in [-0.15, -0.1) is 0 Å². The van der Waals surface area contributed by atoms with Crippen molar-refractivity contribution in [2.75, 3.05) is 13.2 Å². The molecule has 1 saturated carbocycles. The van der Waals surface area contributed by atoms with E-state index in [1.54, 1.807) is 6.08 Å². The molecule has 0 spiro atoms. The maximum absolute atomic E-state index is 9.48. The first-order valence-electron chi connectivity index (χ1n) is 7.49. The molecule has 2 rings (SSSR count). The molecule has 0 bridgehead atoms. The molecule has 0 heterocycles. The summed E-state index contributed by atoms with van der Waals surface area (Å²) < 4.78 is 5.46. The smallest absolute Gasteiger partial charge is 0.119 e. The van der Waals surface area contributed by atoms with E-state index < -0.39 is 0 Å². The standard InChI is InChI=1S/C17H25NO2/c1-2-11-20-17-9-5-15(6-10-17)13-18-12-14-3-7-16(19)8-4-14/h2,5-6,9-10,14,16,18-19H,1,3-4,7-8,11-13H2. The molecular formula is C17H25NO2. The predicted molar refractivity (Wildman–Crippen MR) is 81.8 cm³/mol. The van der Waals surface area contributed by atoms with Gasteiger partial charge in [-0.1, -0.05) is 24.8 Å². The van der Waals surface area contributed by atoms with Crippen molar-refractivity contribution in [2.45, 2.75) is 38.3 Å². The minimum absolute atomic E-state index is 0.0608. The zero-order valence-electron chi connectivity index (χ0n) is 12.1. The quantitative estimate of drug-likeness (QED) is 0.752. The zero-order chi connectivity index (χ0) is 14.2. The summed E-state index contributed by atoms with van der Waals surface area (Å²) in [5, 5.41) is 13.0. The molecule has 3 heteroatoms. The third-order valence-corrected chi connectivity index (χ3v) is 3.87. The van der Waals surface area contributed by atoms with E-state index in [4.69, 9.17) is 4.74 Å². The van der Waals surface area contributed by atoms with Crippen molar-refractivity contribution in [3.8, 4) is 5.75 Å². The molecule has 2 N–H and O–H groups in total. The van der Waals surface area contributed by atoms with E-state index in [1.165, 1.54) is 5.56 Å². The molecule has 0 saturated heterocycles. The second kappa shape index (κ2) is 8.08. The fourth-order valence-electron chi connectivity index (χ4n) is 2.63. The van der Waals surface area contributed by atoms with Gasteiger partial charge in [-0.3, -0.25) is 0 Å². The lowest BCUT2D eigenvalue weighted by Gasteiger charge is -2.25. The Kier molecular flexibility index (Phi) is 6.09. The summed E-state index contributed by atoms with van der Waals surface area (Å²) >= 11 is 0. The number of hydrogen-bond donors (Lipinski definition) is 2. The third-order valence-electron chi connectivity index (χ3n) is 3.87. The third kappa shape index (κ3) is 4.99. The van der Waals surface area contributed by atoms with E-state index in [-0.39, 0.29) is 6.10 Å². The van der Waals surface area contributed by atoms with Crippen LogP contribution in [-0.2, 0) is 6.54 Å². The van der Waals surface area contributed by atoms with E-state index in [9.17, 15) is 5.11 Å². The maximum Gasteiger partial charge on any atom is 0.119 e. The topological polar surface area (TPSA) is 41.5 Å². The van der Waals surface area contributed by atoms with Crippen LogP contribution in [-0.4, -0.2) is 24.4 Å². The van der Waals surface area contributed by atoms with Gasteiger partial charge in [0.25, 0.3) is 0 Å². The molecule has 0 radical (unpaired) electrons. The Hall–Kier alpha value is -1.32. The molecule has 110 valence electrons. The van der Waals surface area contributed by atoms with E-state index in [2.05, 4.69) is 24.0 Å². The Balaban J connectivity index is 1.67. The number of nitrogens with one attached hydrogen (secondary N) is 1. The molecule has 0 aromatic heterocycles. The summed E-state index contributed by atoms with van der Waals surface area (Å²) in [6.45, 7) is 6.11. The van der Waals surface area contributed by atoms with Crippen molar-refractivity contribution in [2.24, 2.45) is 5.92 Å². The highest BCUT2D eigenvalue weighted by molar-refractivity contribution is 5.27. The minimum Gasteiger partial charge on any atom is -0.490 e. The monoisotopic (exact) mass is 275 g/mol. The Morgan fingerprint density at radius 2 is 1.90 bits per heavy atom. The second-order valence-electron chi connectivity index (χ2n) is 5.55. The molecule has 0 amide bonds. The maximum atomic E-state index is 9.48. The average Bonchev–Trinajstić information content (AvgIpc) is 2.48. The molecule has 1 aliphatic carbocycles. The van der Waals surface area contributed by atoms with Crippen LogP contribution in [0.4, 0.5) is 0 Å². The lowest BCUT2D eigenvalue weighted by molar-refractivity contribution is 0.108. The highest BCUT2D eigenvalue weighted by atomic mass is 16.5. The largest absolute Gasteiger partial charge is 0.490 e. The van der Waals surface area contributed by atoms with Gasteiger partial charge in [-0.05, 0) is 55.8 Å². The van der Waals surface area contributed by atoms with Crippen molar-refractivity contribution in [3.63, 3.8) is 0 Å². The minimum atomic E-state index is -0.0608. The van der Waals surface area contributed by atoms with Crippen molar-refractivity contribution < 1.29 is 9.84 Å². The first-order chi connectivity index (χ1) is 9.78. The molecule has 1 fully saturated rings. The van der Waals surface area contributed by atoms with E-state index in [0.29, 0.717) is 12.5 Å². The molecule has 0 atom stereocenters. The Morgan fingerprint density at radius 1 is 1.20 bits per heavy atom. The van der Waals surface area contributed by atoms with Crippen molar-refractivity contribution in [1.82, 2.24) is 5.32 Å². The molecule has 0 unspecified atom stereocenters. The van der Waals surface area contributed by atoms with Gasteiger partial charge in [0.1, 0.15) is 12.4 Å². The van der Waals surface area contributed by atoms with Gasteiger partial charge >= 0.3 is 0 Å². The van der Waals surface area contributed by atoms with Gasteiger partial charge < -0.3 is 15.2 Å². The van der Waals surface area contributed by atoms with Crippen LogP contribution in [0, 0.1) is 5.92 Å². The second-order valence-corrected chi connectivity index (χ2v) is 5.55. The first kappa shape index (κ1) is 15.1. The molecule has 1 aromatic rings. The van der Waals surface area contributed by atoms with E-state index in [1.807, 2.05) is 12.1 Å². The van der Waals surface area contributed by atoms with E-state index >= 15 is 0 Å². The number of aliphatic hydroxyl groups is 1. The van der Waals surface area contributed by atoms with Crippen LogP contribution in [0.15, 0.2) is 36.9 Å². The SMILES string of the molecule is C=CCOc1ccc(CNCC2CCC(O)CC2)cc1. The molecule has 1 aromatic carbocycles. The summed E-state index contributed by atoms with van der Waals surface area (Å²) in [4.78, 5) is 0. The zero-order valence-corrected chi connectivity index (χ0v) is 12.1. The van der Waals surface area contributed by atoms with Gasteiger partial charge in [0.15, 0.2) is 0 Å². The highest BCUT2D eigenvalue weighted by Gasteiger charge is 2.18. The summed E-state index contributed by atoms with van der Waals surface area (Å²) in [5.74, 6) is 1.60. The van der Waals surface area contributed by atoms with Crippen molar-refractivity contribution in [1.29, 1.82) is 0 Å². The summed E-state index contributed by atoms with van der Waals surface area (Å²) in [5.41, 5.74) is 1.27. The number of ether oxygens (including phenoxy) is 1. The van der Waals surface area contributed by atoms with Gasteiger partial charge in [0.05, 0.1) is 6.10 Å². The Morgan fingerprint density at radius 3 is 2.55 bits per heavy atom. The van der Waals surface area contributed by atoms with Crippen LogP contribution in [0.5, 0.6) is 5.75 Å². The first-order valence-corrected chi connectivity index (χ1v) is 7.49. The Labute approximate surface area is 121 Å². The van der Waals surface area contributed by atoms with Crippen LogP contribution in [0.2, 0.25) is 0 Å². The van der Waals surface area contributed by atoms with E-state index in [0.717, 1.165) is 44.5 Å². The van der Waals surface area contributed by atoms with Gasteiger partial charge in [0.2, 0.25) is 0 Å². The highest BCUT2D eigenvalue weighted by Crippen LogP contribution is 2.23. The van der Waals surface area contributed by atoms with Crippen LogP contribution in [0.1, 0.15) is 31.2 Å².